The van der Waals surface area contributed by atoms with Gasteiger partial charge < -0.3 is 5.32 Å². The van der Waals surface area contributed by atoms with Gasteiger partial charge in [-0.2, -0.15) is 0 Å². The highest BCUT2D eigenvalue weighted by Crippen LogP contribution is 2.20. The van der Waals surface area contributed by atoms with Crippen LogP contribution in [-0.2, 0) is 4.79 Å². The van der Waals surface area contributed by atoms with Gasteiger partial charge >= 0.3 is 0 Å². The van der Waals surface area contributed by atoms with Crippen molar-refractivity contribution in [1.82, 2.24) is 5.32 Å². The quantitative estimate of drug-likeness (QED) is 0.725. The van der Waals surface area contributed by atoms with E-state index in [-0.39, 0.29) is 5.91 Å². The lowest BCUT2D eigenvalue weighted by molar-refractivity contribution is -0.118. The molecule has 1 amide bonds. The molecule has 1 rings (SSSR count). The van der Waals surface area contributed by atoms with Crippen molar-refractivity contribution in [3.05, 3.63) is 33.8 Å². The largest absolute Gasteiger partial charge is 0.359 e. The van der Waals surface area contributed by atoms with E-state index < -0.39 is 0 Å². The molecule has 84 valence electrons. The second-order valence-electron chi connectivity index (χ2n) is 3.52. The maximum absolute atomic E-state index is 9.70. The smallest absolute Gasteiger partial charge is 0.216 e. The van der Waals surface area contributed by atoms with Crippen LogP contribution in [0.4, 0.5) is 0 Å². The highest BCUT2D eigenvalue weighted by Gasteiger charge is 1.98. The molecule has 1 aromatic carbocycles. The fourth-order valence-corrected chi connectivity index (χ4v) is 1.27. The monoisotopic (exact) mass is 227 g/mol. The summed E-state index contributed by atoms with van der Waals surface area (Å²) in [5.74, 6) is 0.00463. The minimum Gasteiger partial charge on any atom is -0.359 e. The van der Waals surface area contributed by atoms with Crippen molar-refractivity contribution in [2.75, 3.05) is 7.05 Å². The van der Waals surface area contributed by atoms with Crippen LogP contribution in [0.15, 0.2) is 12.1 Å². The highest BCUT2D eigenvalue weighted by molar-refractivity contribution is 6.32. The molecule has 0 aromatic heterocycles. The summed E-state index contributed by atoms with van der Waals surface area (Å²) in [6.07, 6.45) is 0. The molecule has 0 heterocycles. The number of amides is 1. The zero-order chi connectivity index (χ0) is 12.0. The highest BCUT2D eigenvalue weighted by atomic mass is 35.5. The van der Waals surface area contributed by atoms with E-state index in [1.54, 1.807) is 7.05 Å². The predicted molar refractivity (Wildman–Crippen MR) is 65.4 cm³/mol. The predicted octanol–water partition coefficient (Wildman–Crippen LogP) is 3.02. The van der Waals surface area contributed by atoms with Gasteiger partial charge in [0.2, 0.25) is 5.91 Å². The summed E-state index contributed by atoms with van der Waals surface area (Å²) in [6, 6.07) is 4.19. The molecule has 0 saturated heterocycles. The van der Waals surface area contributed by atoms with Gasteiger partial charge in [-0.3, -0.25) is 4.79 Å². The summed E-state index contributed by atoms with van der Waals surface area (Å²) < 4.78 is 0. The molecule has 0 spiro atoms. The van der Waals surface area contributed by atoms with Crippen molar-refractivity contribution in [3.63, 3.8) is 0 Å². The first-order chi connectivity index (χ1) is 6.88. The number of halogens is 1. The van der Waals surface area contributed by atoms with Crippen LogP contribution in [0.2, 0.25) is 5.02 Å². The van der Waals surface area contributed by atoms with Gasteiger partial charge in [0.15, 0.2) is 0 Å². The summed E-state index contributed by atoms with van der Waals surface area (Å²) in [5, 5.41) is 3.28. The molecular formula is C12H18ClNO. The standard InChI is InChI=1S/C9H11Cl.C3H7NO/c1-6-4-7(2)9(10)8(3)5-6;1-3(5)4-2/h4-5H,1-3H3;1-2H3,(H,4,5). The molecule has 0 unspecified atom stereocenters. The van der Waals surface area contributed by atoms with Gasteiger partial charge in [-0.15, -0.1) is 0 Å². The third-order valence-corrected chi connectivity index (χ3v) is 2.53. The molecule has 1 N–H and O–H groups in total. The van der Waals surface area contributed by atoms with Crippen LogP contribution in [0.25, 0.3) is 0 Å². The summed E-state index contributed by atoms with van der Waals surface area (Å²) >= 11 is 5.95. The summed E-state index contributed by atoms with van der Waals surface area (Å²) in [7, 11) is 1.60. The van der Waals surface area contributed by atoms with E-state index in [0.717, 1.165) is 5.02 Å². The Morgan fingerprint density at radius 2 is 1.53 bits per heavy atom. The van der Waals surface area contributed by atoms with Gasteiger partial charge in [-0.25, -0.2) is 0 Å². The fourth-order valence-electron chi connectivity index (χ4n) is 1.16. The molecule has 0 aliphatic carbocycles. The first kappa shape index (κ1) is 14.0. The molecular weight excluding hydrogens is 210 g/mol. The molecule has 0 saturated carbocycles. The van der Waals surface area contributed by atoms with Crippen LogP contribution >= 0.6 is 11.6 Å². The Balaban J connectivity index is 0.000000336. The first-order valence-electron chi connectivity index (χ1n) is 4.80. The molecule has 0 bridgehead atoms. The van der Waals surface area contributed by atoms with Crippen molar-refractivity contribution in [2.45, 2.75) is 27.7 Å². The van der Waals surface area contributed by atoms with Gasteiger partial charge in [0, 0.05) is 19.0 Å². The maximum Gasteiger partial charge on any atom is 0.216 e. The SMILES string of the molecule is CNC(C)=O.Cc1cc(C)c(Cl)c(C)c1. The molecule has 0 aliphatic heterocycles. The van der Waals surface area contributed by atoms with E-state index in [4.69, 9.17) is 11.6 Å². The fraction of sp³-hybridized carbons (Fsp3) is 0.417. The Bertz CT molecular complexity index is 324. The van der Waals surface area contributed by atoms with Gasteiger partial charge in [0.05, 0.1) is 0 Å². The molecule has 3 heteroatoms. The van der Waals surface area contributed by atoms with Crippen molar-refractivity contribution in [1.29, 1.82) is 0 Å². The lowest BCUT2D eigenvalue weighted by Gasteiger charge is -2.02. The zero-order valence-electron chi connectivity index (χ0n) is 9.94. The van der Waals surface area contributed by atoms with E-state index in [0.29, 0.717) is 0 Å². The van der Waals surface area contributed by atoms with Crippen molar-refractivity contribution in [3.8, 4) is 0 Å². The topological polar surface area (TPSA) is 29.1 Å². The van der Waals surface area contributed by atoms with E-state index in [1.807, 2.05) is 13.8 Å². The maximum atomic E-state index is 9.70. The second-order valence-corrected chi connectivity index (χ2v) is 3.90. The Labute approximate surface area is 96.6 Å². The van der Waals surface area contributed by atoms with Gasteiger partial charge in [0.1, 0.15) is 0 Å². The average Bonchev–Trinajstić information content (AvgIpc) is 2.15. The summed E-state index contributed by atoms with van der Waals surface area (Å²) in [6.45, 7) is 7.61. The Morgan fingerprint density at radius 3 is 1.80 bits per heavy atom. The van der Waals surface area contributed by atoms with Gasteiger partial charge in [-0.05, 0) is 31.9 Å². The normalized spacial score (nSPS) is 8.93. The van der Waals surface area contributed by atoms with Crippen LogP contribution in [0.3, 0.4) is 0 Å². The molecule has 15 heavy (non-hydrogen) atoms. The second kappa shape index (κ2) is 6.46. The van der Waals surface area contributed by atoms with Crippen molar-refractivity contribution >= 4 is 17.5 Å². The summed E-state index contributed by atoms with van der Waals surface area (Å²) in [5.41, 5.74) is 3.61. The van der Waals surface area contributed by atoms with Crippen molar-refractivity contribution < 1.29 is 4.79 Å². The molecule has 0 aliphatic rings. The Hall–Kier alpha value is -1.02. The van der Waals surface area contributed by atoms with E-state index in [2.05, 4.69) is 24.4 Å². The molecule has 0 radical (unpaired) electrons. The number of carbonyl (C=O) groups is 1. The summed E-state index contributed by atoms with van der Waals surface area (Å²) in [4.78, 5) is 9.70. The number of carbonyl (C=O) groups excluding carboxylic acids is 1. The number of benzene rings is 1. The number of rotatable bonds is 0. The molecule has 0 atom stereocenters. The minimum absolute atomic E-state index is 0.00463. The molecule has 2 nitrogen and oxygen atoms in total. The lowest BCUT2D eigenvalue weighted by Crippen LogP contribution is -2.11. The average molecular weight is 228 g/mol. The third-order valence-electron chi connectivity index (χ3n) is 1.93. The van der Waals surface area contributed by atoms with E-state index in [9.17, 15) is 4.79 Å². The molecule has 1 aromatic rings. The van der Waals surface area contributed by atoms with Gasteiger partial charge in [0.25, 0.3) is 0 Å². The van der Waals surface area contributed by atoms with Gasteiger partial charge in [-0.1, -0.05) is 29.3 Å². The lowest BCUT2D eigenvalue weighted by atomic mass is 10.1. The first-order valence-corrected chi connectivity index (χ1v) is 5.18. The van der Waals surface area contributed by atoms with Crippen LogP contribution in [-0.4, -0.2) is 13.0 Å². The number of aryl methyl sites for hydroxylation is 3. The van der Waals surface area contributed by atoms with Crippen molar-refractivity contribution in [2.24, 2.45) is 0 Å². The minimum atomic E-state index is 0.00463. The van der Waals surface area contributed by atoms with E-state index in [1.165, 1.54) is 23.6 Å². The molecule has 0 fully saturated rings. The van der Waals surface area contributed by atoms with E-state index >= 15 is 0 Å². The number of hydrogen-bond donors (Lipinski definition) is 1. The third kappa shape index (κ3) is 5.43. The Kier molecular flexibility index (Phi) is 6.02. The zero-order valence-corrected chi connectivity index (χ0v) is 10.7. The number of hydrogen-bond acceptors (Lipinski definition) is 1. The Morgan fingerprint density at radius 1 is 1.20 bits per heavy atom. The van der Waals surface area contributed by atoms with Crippen LogP contribution in [0, 0.1) is 20.8 Å². The van der Waals surface area contributed by atoms with Crippen LogP contribution in [0.5, 0.6) is 0 Å². The van der Waals surface area contributed by atoms with Crippen LogP contribution < -0.4 is 5.32 Å². The van der Waals surface area contributed by atoms with Crippen LogP contribution in [0.1, 0.15) is 23.6 Å². The number of nitrogens with one attached hydrogen (secondary N) is 1.